The molecule has 1 N–H and O–H groups in total. The fraction of sp³-hybridized carbons (Fsp3) is 0.182. The summed E-state index contributed by atoms with van der Waals surface area (Å²) in [5.74, 6) is -1.50. The number of ketones is 1. The SMILES string of the molecule is O=C1C(=O)N(CCCn2ccnc2)[C@@H](c2ccccn2)C1=C(O)c1ccccc1. The molecule has 1 aliphatic rings. The van der Waals surface area contributed by atoms with E-state index in [2.05, 4.69) is 9.97 Å². The van der Waals surface area contributed by atoms with Gasteiger partial charge in [0.1, 0.15) is 11.8 Å². The van der Waals surface area contributed by atoms with Crippen LogP contribution >= 0.6 is 0 Å². The maximum Gasteiger partial charge on any atom is 0.295 e. The van der Waals surface area contributed by atoms with Crippen LogP contribution in [0.2, 0.25) is 0 Å². The number of imidazole rings is 1. The highest BCUT2D eigenvalue weighted by molar-refractivity contribution is 6.46. The third-order valence-corrected chi connectivity index (χ3v) is 4.93. The van der Waals surface area contributed by atoms with E-state index < -0.39 is 17.7 Å². The summed E-state index contributed by atoms with van der Waals surface area (Å²) in [5.41, 5.74) is 1.11. The fourth-order valence-corrected chi connectivity index (χ4v) is 3.55. The molecule has 1 fully saturated rings. The fourth-order valence-electron chi connectivity index (χ4n) is 3.55. The lowest BCUT2D eigenvalue weighted by Crippen LogP contribution is -2.31. The molecule has 0 saturated carbocycles. The number of likely N-dealkylation sites (tertiary alicyclic amines) is 1. The first-order chi connectivity index (χ1) is 14.2. The Morgan fingerprint density at radius 3 is 2.48 bits per heavy atom. The van der Waals surface area contributed by atoms with Crippen LogP contribution in [0.25, 0.3) is 5.76 Å². The van der Waals surface area contributed by atoms with Crippen LogP contribution in [-0.4, -0.2) is 42.8 Å². The molecule has 7 nitrogen and oxygen atoms in total. The van der Waals surface area contributed by atoms with Crippen molar-refractivity contribution in [1.29, 1.82) is 0 Å². The molecule has 1 amide bonds. The maximum atomic E-state index is 12.9. The van der Waals surface area contributed by atoms with Crippen molar-refractivity contribution in [3.8, 4) is 0 Å². The number of amides is 1. The normalized spacial score (nSPS) is 18.3. The van der Waals surface area contributed by atoms with Crippen molar-refractivity contribution in [1.82, 2.24) is 19.4 Å². The lowest BCUT2D eigenvalue weighted by atomic mass is 9.98. The van der Waals surface area contributed by atoms with Crippen LogP contribution < -0.4 is 0 Å². The quantitative estimate of drug-likeness (QED) is 0.399. The molecule has 4 rings (SSSR count). The third-order valence-electron chi connectivity index (χ3n) is 4.93. The molecule has 1 aliphatic heterocycles. The van der Waals surface area contributed by atoms with Gasteiger partial charge in [-0.1, -0.05) is 36.4 Å². The Labute approximate surface area is 168 Å². The van der Waals surface area contributed by atoms with Gasteiger partial charge in [0.2, 0.25) is 0 Å². The second-order valence-electron chi connectivity index (χ2n) is 6.77. The van der Waals surface area contributed by atoms with Crippen molar-refractivity contribution in [2.75, 3.05) is 6.54 Å². The van der Waals surface area contributed by atoms with Crippen LogP contribution in [0.4, 0.5) is 0 Å². The number of carbonyl (C=O) groups excluding carboxylic acids is 2. The second kappa shape index (κ2) is 8.10. The second-order valence-corrected chi connectivity index (χ2v) is 6.77. The molecule has 2 aromatic heterocycles. The van der Waals surface area contributed by atoms with Crippen LogP contribution in [-0.2, 0) is 16.1 Å². The van der Waals surface area contributed by atoms with E-state index in [-0.39, 0.29) is 11.3 Å². The molecule has 1 saturated heterocycles. The lowest BCUT2D eigenvalue weighted by Gasteiger charge is -2.24. The van der Waals surface area contributed by atoms with Crippen molar-refractivity contribution < 1.29 is 14.7 Å². The minimum atomic E-state index is -0.723. The Hall–Kier alpha value is -3.74. The Kier molecular flexibility index (Phi) is 5.20. The van der Waals surface area contributed by atoms with Crippen molar-refractivity contribution in [3.05, 3.63) is 90.3 Å². The number of rotatable bonds is 6. The molecule has 7 heteroatoms. The number of aryl methyl sites for hydroxylation is 1. The molecule has 0 bridgehead atoms. The smallest absolute Gasteiger partial charge is 0.295 e. The van der Waals surface area contributed by atoms with Gasteiger partial charge in [-0.3, -0.25) is 14.6 Å². The number of hydrogen-bond donors (Lipinski definition) is 1. The number of aliphatic hydroxyl groups is 1. The summed E-state index contributed by atoms with van der Waals surface area (Å²) in [5, 5.41) is 10.9. The molecule has 1 atom stereocenters. The number of aromatic nitrogens is 3. The van der Waals surface area contributed by atoms with Crippen LogP contribution in [0.1, 0.15) is 23.7 Å². The summed E-state index contributed by atoms with van der Waals surface area (Å²) in [4.78, 5) is 35.5. The highest BCUT2D eigenvalue weighted by Gasteiger charge is 2.46. The highest BCUT2D eigenvalue weighted by Crippen LogP contribution is 2.38. The number of carbonyl (C=O) groups is 2. The average Bonchev–Trinajstić information content (AvgIpc) is 3.37. The number of hydrogen-bond acceptors (Lipinski definition) is 5. The van der Waals surface area contributed by atoms with E-state index in [1.165, 1.54) is 4.90 Å². The van der Waals surface area contributed by atoms with Crippen LogP contribution in [0.5, 0.6) is 0 Å². The van der Waals surface area contributed by atoms with Crippen LogP contribution in [0.3, 0.4) is 0 Å². The van der Waals surface area contributed by atoms with E-state index >= 15 is 0 Å². The van der Waals surface area contributed by atoms with Crippen molar-refractivity contribution >= 4 is 17.4 Å². The van der Waals surface area contributed by atoms with E-state index in [9.17, 15) is 14.7 Å². The lowest BCUT2D eigenvalue weighted by molar-refractivity contribution is -0.140. The largest absolute Gasteiger partial charge is 0.507 e. The zero-order chi connectivity index (χ0) is 20.2. The van der Waals surface area contributed by atoms with Crippen molar-refractivity contribution in [2.24, 2.45) is 0 Å². The summed E-state index contributed by atoms with van der Waals surface area (Å²) in [6.07, 6.45) is 7.50. The molecule has 146 valence electrons. The maximum absolute atomic E-state index is 12.9. The van der Waals surface area contributed by atoms with Crippen molar-refractivity contribution in [2.45, 2.75) is 19.0 Å². The number of aliphatic hydroxyl groups excluding tert-OH is 1. The van der Waals surface area contributed by atoms with E-state index in [1.807, 2.05) is 16.8 Å². The molecule has 1 aromatic carbocycles. The van der Waals surface area contributed by atoms with Crippen molar-refractivity contribution in [3.63, 3.8) is 0 Å². The van der Waals surface area contributed by atoms with E-state index in [0.29, 0.717) is 30.8 Å². The zero-order valence-corrected chi connectivity index (χ0v) is 15.7. The highest BCUT2D eigenvalue weighted by atomic mass is 16.3. The van der Waals surface area contributed by atoms with E-state index in [0.717, 1.165) is 0 Å². The average molecular weight is 388 g/mol. The molecule has 0 unspecified atom stereocenters. The molecular formula is C22H20N4O3. The first kappa shape index (κ1) is 18.6. The zero-order valence-electron chi connectivity index (χ0n) is 15.7. The third kappa shape index (κ3) is 3.67. The van der Waals surface area contributed by atoms with Gasteiger partial charge in [0.25, 0.3) is 11.7 Å². The number of nitrogens with zero attached hydrogens (tertiary/aromatic N) is 4. The first-order valence-corrected chi connectivity index (χ1v) is 9.37. The minimum Gasteiger partial charge on any atom is -0.507 e. The molecule has 0 radical (unpaired) electrons. The van der Waals surface area contributed by atoms with Crippen LogP contribution in [0, 0.1) is 0 Å². The molecule has 29 heavy (non-hydrogen) atoms. The van der Waals surface area contributed by atoms with Gasteiger partial charge >= 0.3 is 0 Å². The standard InChI is InChI=1S/C22H20N4O3/c27-20(16-7-2-1-3-8-16)18-19(17-9-4-5-10-24-17)26(22(29)21(18)28)13-6-12-25-14-11-23-15-25/h1-5,7-11,14-15,19,27H,6,12-13H2/t19-/m0/s1. The number of Topliss-reactive ketones (excluding diaryl/α,β-unsaturated/α-hetero) is 1. The van der Waals surface area contributed by atoms with E-state index in [4.69, 9.17) is 0 Å². The molecule has 0 spiro atoms. The number of pyridine rings is 1. The monoisotopic (exact) mass is 388 g/mol. The predicted molar refractivity (Wildman–Crippen MR) is 107 cm³/mol. The summed E-state index contributed by atoms with van der Waals surface area (Å²) in [6, 6.07) is 13.4. The topological polar surface area (TPSA) is 88.3 Å². The first-order valence-electron chi connectivity index (χ1n) is 9.37. The Balaban J connectivity index is 1.70. The molecule has 3 heterocycles. The van der Waals surface area contributed by atoms with Gasteiger partial charge < -0.3 is 14.6 Å². The van der Waals surface area contributed by atoms with Crippen LogP contribution in [0.15, 0.2) is 79.0 Å². The molecular weight excluding hydrogens is 368 g/mol. The van der Waals surface area contributed by atoms with Gasteiger partial charge in [-0.15, -0.1) is 0 Å². The molecule has 3 aromatic rings. The van der Waals surface area contributed by atoms with Gasteiger partial charge in [-0.05, 0) is 18.6 Å². The Morgan fingerprint density at radius 2 is 1.79 bits per heavy atom. The van der Waals surface area contributed by atoms with E-state index in [1.54, 1.807) is 61.2 Å². The summed E-state index contributed by atoms with van der Waals surface area (Å²) >= 11 is 0. The molecule has 0 aliphatic carbocycles. The Bertz CT molecular complexity index is 1030. The predicted octanol–water partition coefficient (Wildman–Crippen LogP) is 2.79. The van der Waals surface area contributed by atoms with Gasteiger partial charge in [0, 0.05) is 37.2 Å². The van der Waals surface area contributed by atoms with Gasteiger partial charge in [0.15, 0.2) is 0 Å². The minimum absolute atomic E-state index is 0.0718. The Morgan fingerprint density at radius 1 is 1.00 bits per heavy atom. The van der Waals surface area contributed by atoms with Gasteiger partial charge in [-0.2, -0.15) is 0 Å². The summed E-state index contributed by atoms with van der Waals surface area (Å²) < 4.78 is 1.91. The van der Waals surface area contributed by atoms with Gasteiger partial charge in [0.05, 0.1) is 17.6 Å². The van der Waals surface area contributed by atoms with Gasteiger partial charge in [-0.25, -0.2) is 4.98 Å². The number of benzene rings is 1. The summed E-state index contributed by atoms with van der Waals surface area (Å²) in [7, 11) is 0. The summed E-state index contributed by atoms with van der Waals surface area (Å²) in [6.45, 7) is 1.02.